The van der Waals surface area contributed by atoms with Crippen LogP contribution in [0.4, 0.5) is 4.39 Å². The second-order valence-electron chi connectivity index (χ2n) is 9.85. The molecule has 0 aromatic heterocycles. The minimum atomic E-state index is -0.766. The van der Waals surface area contributed by atoms with Crippen LogP contribution in [0.15, 0.2) is 84.9 Å². The Morgan fingerprint density at radius 2 is 1.47 bits per heavy atom. The largest absolute Gasteiger partial charge is 0.350 e. The zero-order chi connectivity index (χ0) is 26.0. The SMILES string of the molecule is CC(C)(C)NC(=O)[C@@H](Cc1ccccc1)N(Cc1ccccc1F)C(=O)CCSCc1ccccc1. The number of nitrogens with zero attached hydrogens (tertiary/aromatic N) is 1. The van der Waals surface area contributed by atoms with Crippen LogP contribution in [0.3, 0.4) is 0 Å². The van der Waals surface area contributed by atoms with Gasteiger partial charge < -0.3 is 10.2 Å². The van der Waals surface area contributed by atoms with E-state index in [0.29, 0.717) is 17.7 Å². The molecule has 4 nitrogen and oxygen atoms in total. The molecule has 190 valence electrons. The number of halogens is 1. The van der Waals surface area contributed by atoms with Crippen LogP contribution >= 0.6 is 11.8 Å². The summed E-state index contributed by atoms with van der Waals surface area (Å²) < 4.78 is 14.6. The van der Waals surface area contributed by atoms with Crippen LogP contribution in [0.25, 0.3) is 0 Å². The van der Waals surface area contributed by atoms with Crippen LogP contribution in [0, 0.1) is 5.82 Å². The summed E-state index contributed by atoms with van der Waals surface area (Å²) in [5.41, 5.74) is 2.06. The molecule has 0 heterocycles. The van der Waals surface area contributed by atoms with E-state index in [1.54, 1.807) is 34.9 Å². The van der Waals surface area contributed by atoms with Gasteiger partial charge in [-0.05, 0) is 38.0 Å². The first-order valence-corrected chi connectivity index (χ1v) is 13.4. The highest BCUT2D eigenvalue weighted by Gasteiger charge is 2.32. The van der Waals surface area contributed by atoms with Crippen LogP contribution in [0.5, 0.6) is 0 Å². The van der Waals surface area contributed by atoms with E-state index in [2.05, 4.69) is 17.4 Å². The van der Waals surface area contributed by atoms with E-state index in [0.717, 1.165) is 11.3 Å². The third-order valence-corrected chi connectivity index (χ3v) is 6.67. The van der Waals surface area contributed by atoms with E-state index < -0.39 is 11.6 Å². The van der Waals surface area contributed by atoms with Crippen molar-refractivity contribution in [3.05, 3.63) is 107 Å². The van der Waals surface area contributed by atoms with E-state index in [-0.39, 0.29) is 30.6 Å². The molecule has 0 aliphatic rings. The van der Waals surface area contributed by atoms with Crippen molar-refractivity contribution in [3.8, 4) is 0 Å². The zero-order valence-corrected chi connectivity index (χ0v) is 22.1. The van der Waals surface area contributed by atoms with Gasteiger partial charge in [0, 0.05) is 42.0 Å². The Morgan fingerprint density at radius 3 is 2.08 bits per heavy atom. The van der Waals surface area contributed by atoms with Gasteiger partial charge in [0.1, 0.15) is 11.9 Å². The minimum Gasteiger partial charge on any atom is -0.350 e. The van der Waals surface area contributed by atoms with Crippen molar-refractivity contribution in [1.82, 2.24) is 10.2 Å². The van der Waals surface area contributed by atoms with Gasteiger partial charge in [-0.1, -0.05) is 78.9 Å². The summed E-state index contributed by atoms with van der Waals surface area (Å²) in [5.74, 6) is 0.625. The van der Waals surface area contributed by atoms with E-state index >= 15 is 0 Å². The summed E-state index contributed by atoms with van der Waals surface area (Å²) in [6.07, 6.45) is 0.611. The number of thioether (sulfide) groups is 1. The van der Waals surface area contributed by atoms with Crippen molar-refractivity contribution in [3.63, 3.8) is 0 Å². The zero-order valence-electron chi connectivity index (χ0n) is 21.2. The average molecular weight is 507 g/mol. The lowest BCUT2D eigenvalue weighted by Gasteiger charge is -2.34. The van der Waals surface area contributed by atoms with Crippen LogP contribution in [0.1, 0.15) is 43.9 Å². The van der Waals surface area contributed by atoms with Crippen molar-refractivity contribution in [1.29, 1.82) is 0 Å². The predicted molar refractivity (Wildman–Crippen MR) is 146 cm³/mol. The minimum absolute atomic E-state index is 0.0317. The summed E-state index contributed by atoms with van der Waals surface area (Å²) in [6, 6.07) is 25.4. The topological polar surface area (TPSA) is 49.4 Å². The van der Waals surface area contributed by atoms with Crippen LogP contribution in [-0.4, -0.2) is 34.0 Å². The molecule has 1 atom stereocenters. The maximum atomic E-state index is 14.6. The summed E-state index contributed by atoms with van der Waals surface area (Å²) >= 11 is 1.67. The number of benzene rings is 3. The number of hydrogen-bond acceptors (Lipinski definition) is 3. The second-order valence-corrected chi connectivity index (χ2v) is 11.0. The fourth-order valence-corrected chi connectivity index (χ4v) is 4.78. The number of hydrogen-bond donors (Lipinski definition) is 1. The van der Waals surface area contributed by atoms with Gasteiger partial charge in [-0.25, -0.2) is 4.39 Å². The molecule has 0 spiro atoms. The first-order valence-electron chi connectivity index (χ1n) is 12.2. The van der Waals surface area contributed by atoms with Crippen LogP contribution < -0.4 is 5.32 Å². The van der Waals surface area contributed by atoms with Gasteiger partial charge in [0.05, 0.1) is 0 Å². The molecule has 6 heteroatoms. The molecule has 0 fully saturated rings. The van der Waals surface area contributed by atoms with Gasteiger partial charge in [-0.3, -0.25) is 9.59 Å². The van der Waals surface area contributed by atoms with Gasteiger partial charge in [0.15, 0.2) is 0 Å². The number of rotatable bonds is 11. The van der Waals surface area contributed by atoms with E-state index in [1.807, 2.05) is 69.3 Å². The average Bonchev–Trinajstić information content (AvgIpc) is 2.85. The number of nitrogens with one attached hydrogen (secondary N) is 1. The fourth-order valence-electron chi connectivity index (χ4n) is 3.88. The third kappa shape index (κ3) is 8.83. The molecule has 0 saturated heterocycles. The number of carbonyl (C=O) groups excluding carboxylic acids is 2. The van der Waals surface area contributed by atoms with Crippen molar-refractivity contribution in [2.75, 3.05) is 5.75 Å². The highest BCUT2D eigenvalue weighted by atomic mass is 32.2. The number of amides is 2. The molecule has 0 saturated carbocycles. The van der Waals surface area contributed by atoms with Crippen LogP contribution in [-0.2, 0) is 28.3 Å². The predicted octanol–water partition coefficient (Wildman–Crippen LogP) is 6.00. The monoisotopic (exact) mass is 506 g/mol. The molecule has 3 aromatic carbocycles. The molecular weight excluding hydrogens is 471 g/mol. The van der Waals surface area contributed by atoms with Gasteiger partial charge in [-0.2, -0.15) is 11.8 Å². The molecular formula is C30H35FN2O2S. The van der Waals surface area contributed by atoms with E-state index in [1.165, 1.54) is 11.6 Å². The lowest BCUT2D eigenvalue weighted by atomic mass is 10.0. The molecule has 36 heavy (non-hydrogen) atoms. The van der Waals surface area contributed by atoms with Crippen molar-refractivity contribution < 1.29 is 14.0 Å². The molecule has 2 amide bonds. The summed E-state index contributed by atoms with van der Waals surface area (Å²) in [7, 11) is 0. The smallest absolute Gasteiger partial charge is 0.243 e. The molecule has 0 radical (unpaired) electrons. The second kappa shape index (κ2) is 13.3. The summed E-state index contributed by atoms with van der Waals surface area (Å²) in [4.78, 5) is 28.6. The lowest BCUT2D eigenvalue weighted by Crippen LogP contribution is -2.54. The molecule has 3 rings (SSSR count). The van der Waals surface area contributed by atoms with Crippen molar-refractivity contribution in [2.24, 2.45) is 0 Å². The Morgan fingerprint density at radius 1 is 0.889 bits per heavy atom. The summed E-state index contributed by atoms with van der Waals surface area (Å²) in [6.45, 7) is 5.76. The van der Waals surface area contributed by atoms with Crippen LogP contribution in [0.2, 0.25) is 0 Å². The molecule has 3 aromatic rings. The Balaban J connectivity index is 1.83. The molecule has 0 bridgehead atoms. The molecule has 0 aliphatic heterocycles. The van der Waals surface area contributed by atoms with Crippen molar-refractivity contribution >= 4 is 23.6 Å². The van der Waals surface area contributed by atoms with Gasteiger partial charge in [-0.15, -0.1) is 0 Å². The Hall–Kier alpha value is -3.12. The third-order valence-electron chi connectivity index (χ3n) is 5.64. The number of carbonyl (C=O) groups is 2. The maximum absolute atomic E-state index is 14.6. The highest BCUT2D eigenvalue weighted by Crippen LogP contribution is 2.20. The first kappa shape index (κ1) is 27.5. The van der Waals surface area contributed by atoms with E-state index in [4.69, 9.17) is 0 Å². The maximum Gasteiger partial charge on any atom is 0.243 e. The highest BCUT2D eigenvalue weighted by molar-refractivity contribution is 7.98. The first-order chi connectivity index (χ1) is 17.2. The van der Waals surface area contributed by atoms with Gasteiger partial charge in [0.2, 0.25) is 11.8 Å². The summed E-state index contributed by atoms with van der Waals surface area (Å²) in [5, 5.41) is 3.03. The van der Waals surface area contributed by atoms with E-state index in [9.17, 15) is 14.0 Å². The Bertz CT molecular complexity index is 1120. The lowest BCUT2D eigenvalue weighted by molar-refractivity contribution is -0.141. The van der Waals surface area contributed by atoms with Crippen molar-refractivity contribution in [2.45, 2.75) is 57.5 Å². The van der Waals surface area contributed by atoms with Gasteiger partial charge in [0.25, 0.3) is 0 Å². The van der Waals surface area contributed by atoms with Gasteiger partial charge >= 0.3 is 0 Å². The normalized spacial score (nSPS) is 12.1. The molecule has 0 unspecified atom stereocenters. The Kier molecular flexibility index (Phi) is 10.1. The molecule has 0 aliphatic carbocycles. The quantitative estimate of drug-likeness (QED) is 0.324. The standard InChI is InChI=1S/C30H35FN2O2S/c1-30(2,3)32-29(35)27(20-23-12-6-4-7-13-23)33(21-25-16-10-11-17-26(25)31)28(34)18-19-36-22-24-14-8-5-9-15-24/h4-17,27H,18-22H2,1-3H3,(H,32,35)/t27-/m1/s1. The Labute approximate surface area is 218 Å². The fraction of sp³-hybridized carbons (Fsp3) is 0.333. The molecule has 1 N–H and O–H groups in total.